The molecule has 178 valence electrons. The average molecular weight is 453 g/mol. The fourth-order valence-corrected chi connectivity index (χ4v) is 4.50. The third kappa shape index (κ3) is 6.34. The van der Waals surface area contributed by atoms with Crippen LogP contribution >= 0.6 is 0 Å². The number of aryl methyl sites for hydroxylation is 1. The van der Waals surface area contributed by atoms with Gasteiger partial charge < -0.3 is 14.2 Å². The molecular weight excluding hydrogens is 416 g/mol. The Morgan fingerprint density at radius 2 is 1.64 bits per heavy atom. The number of carbonyl (C=O) groups is 2. The zero-order chi connectivity index (χ0) is 23.8. The van der Waals surface area contributed by atoms with Crippen LogP contribution in [-0.2, 0) is 24.2 Å². The van der Waals surface area contributed by atoms with Crippen molar-refractivity contribution in [3.63, 3.8) is 0 Å². The Kier molecular flexibility index (Phi) is 8.87. The number of carbonyl (C=O) groups excluding carboxylic acids is 2. The first-order chi connectivity index (χ1) is 15.9. The van der Waals surface area contributed by atoms with Gasteiger partial charge in [-0.2, -0.15) is 0 Å². The summed E-state index contributed by atoms with van der Waals surface area (Å²) in [5.74, 6) is -0.292. The summed E-state index contributed by atoms with van der Waals surface area (Å²) in [6.07, 6.45) is 10.8. The van der Waals surface area contributed by atoms with Crippen LogP contribution in [0.4, 0.5) is 5.69 Å². The van der Waals surface area contributed by atoms with Gasteiger partial charge in [-0.3, -0.25) is 14.4 Å². The van der Waals surface area contributed by atoms with Gasteiger partial charge in [0.05, 0.1) is 0 Å². The minimum Gasteiger partial charge on any atom is -0.427 e. The summed E-state index contributed by atoms with van der Waals surface area (Å²) in [6, 6.07) is 8.58. The number of fused-ring (bicyclic) bond motifs is 1. The van der Waals surface area contributed by atoms with E-state index in [-0.39, 0.29) is 17.0 Å². The lowest BCUT2D eigenvalue weighted by atomic mass is 9.96. The Bertz CT molecular complexity index is 1020. The number of aromatic nitrogens is 1. The number of rotatable bonds is 6. The molecule has 0 aliphatic heterocycles. The second-order valence-electron chi connectivity index (χ2n) is 8.91. The van der Waals surface area contributed by atoms with Crippen molar-refractivity contribution in [1.82, 2.24) is 4.57 Å². The molecule has 0 unspecified atom stereocenters. The summed E-state index contributed by atoms with van der Waals surface area (Å²) in [5, 5.41) is 0. The maximum Gasteiger partial charge on any atom is 0.308 e. The molecule has 0 saturated heterocycles. The van der Waals surface area contributed by atoms with Gasteiger partial charge in [0, 0.05) is 31.9 Å². The molecule has 3 rings (SSSR count). The van der Waals surface area contributed by atoms with Crippen LogP contribution in [0.5, 0.6) is 5.75 Å². The van der Waals surface area contributed by atoms with Crippen molar-refractivity contribution in [2.75, 3.05) is 11.9 Å². The first-order valence-corrected chi connectivity index (χ1v) is 12.2. The van der Waals surface area contributed by atoms with Crippen molar-refractivity contribution in [3.05, 3.63) is 57.5 Å². The maximum atomic E-state index is 13.5. The van der Waals surface area contributed by atoms with Crippen molar-refractivity contribution in [1.29, 1.82) is 0 Å². The molecule has 0 radical (unpaired) electrons. The largest absolute Gasteiger partial charge is 0.427 e. The molecule has 1 aliphatic rings. The van der Waals surface area contributed by atoms with Crippen LogP contribution in [0.1, 0.15) is 86.8 Å². The zero-order valence-corrected chi connectivity index (χ0v) is 20.2. The normalized spacial score (nSPS) is 14.3. The van der Waals surface area contributed by atoms with Gasteiger partial charge in [0.25, 0.3) is 11.5 Å². The maximum absolute atomic E-state index is 13.5. The molecule has 0 spiro atoms. The molecule has 33 heavy (non-hydrogen) atoms. The second-order valence-corrected chi connectivity index (χ2v) is 8.91. The molecule has 1 aromatic carbocycles. The minimum atomic E-state index is -0.396. The fraction of sp³-hybridized carbons (Fsp3) is 0.519. The van der Waals surface area contributed by atoms with Crippen molar-refractivity contribution in [2.24, 2.45) is 0 Å². The third-order valence-corrected chi connectivity index (χ3v) is 6.36. The summed E-state index contributed by atoms with van der Waals surface area (Å²) >= 11 is 0. The molecule has 1 amide bonds. The molecule has 6 nitrogen and oxygen atoms in total. The highest BCUT2D eigenvalue weighted by molar-refractivity contribution is 6.05. The minimum absolute atomic E-state index is 0.187. The van der Waals surface area contributed by atoms with Crippen molar-refractivity contribution >= 4 is 17.6 Å². The number of nitrogens with zero attached hydrogens (tertiary/aromatic N) is 2. The van der Waals surface area contributed by atoms with E-state index in [4.69, 9.17) is 4.74 Å². The van der Waals surface area contributed by atoms with E-state index < -0.39 is 5.97 Å². The number of ether oxygens (including phenoxy) is 1. The number of pyridine rings is 1. The molecule has 1 aliphatic carbocycles. The van der Waals surface area contributed by atoms with Crippen LogP contribution in [0.2, 0.25) is 0 Å². The summed E-state index contributed by atoms with van der Waals surface area (Å²) in [4.78, 5) is 39.6. The quantitative estimate of drug-likeness (QED) is 0.441. The Labute approximate surface area is 196 Å². The van der Waals surface area contributed by atoms with E-state index in [1.165, 1.54) is 37.5 Å². The Morgan fingerprint density at radius 3 is 2.27 bits per heavy atom. The second kappa shape index (κ2) is 11.8. The smallest absolute Gasteiger partial charge is 0.308 e. The molecule has 0 saturated carbocycles. The van der Waals surface area contributed by atoms with Gasteiger partial charge in [-0.1, -0.05) is 39.0 Å². The lowest BCUT2D eigenvalue weighted by Crippen LogP contribution is -2.36. The SMILES string of the molecule is CCCCn1c2c(cc(C(=O)N(C)c3ccc(OC(C)=O)cc3)c1=O)CCCCCCCC2. The highest BCUT2D eigenvalue weighted by Gasteiger charge is 2.22. The number of anilines is 1. The Morgan fingerprint density at radius 1 is 1.00 bits per heavy atom. The highest BCUT2D eigenvalue weighted by atomic mass is 16.5. The average Bonchev–Trinajstić information content (AvgIpc) is 2.80. The number of unbranched alkanes of at least 4 members (excludes halogenated alkanes) is 1. The van der Waals surface area contributed by atoms with E-state index in [1.54, 1.807) is 31.3 Å². The molecule has 0 bridgehead atoms. The molecular formula is C27H36N2O4. The summed E-state index contributed by atoms with van der Waals surface area (Å²) in [6.45, 7) is 4.11. The molecule has 0 atom stereocenters. The van der Waals surface area contributed by atoms with Gasteiger partial charge >= 0.3 is 5.97 Å². The highest BCUT2D eigenvalue weighted by Crippen LogP contribution is 2.23. The van der Waals surface area contributed by atoms with Crippen molar-refractivity contribution in [3.8, 4) is 5.75 Å². The standard InChI is InChI=1S/C27H36N2O4/c1-4-5-18-29-25-13-11-9-7-6-8-10-12-21(25)19-24(27(29)32)26(31)28(3)22-14-16-23(17-15-22)33-20(2)30/h14-17,19H,4-13,18H2,1-3H3. The molecule has 0 N–H and O–H groups in total. The Balaban J connectivity index is 1.97. The number of hydrogen-bond acceptors (Lipinski definition) is 4. The van der Waals surface area contributed by atoms with E-state index in [0.717, 1.165) is 49.8 Å². The molecule has 1 heterocycles. The van der Waals surface area contributed by atoms with Gasteiger partial charge in [-0.25, -0.2) is 0 Å². The third-order valence-electron chi connectivity index (χ3n) is 6.36. The molecule has 2 aromatic rings. The first-order valence-electron chi connectivity index (χ1n) is 12.2. The van der Waals surface area contributed by atoms with E-state index >= 15 is 0 Å². The zero-order valence-electron chi connectivity index (χ0n) is 20.2. The van der Waals surface area contributed by atoms with E-state index in [0.29, 0.717) is 18.0 Å². The Hall–Kier alpha value is -2.89. The van der Waals surface area contributed by atoms with Crippen LogP contribution in [-0.4, -0.2) is 23.5 Å². The van der Waals surface area contributed by atoms with E-state index in [9.17, 15) is 14.4 Å². The van der Waals surface area contributed by atoms with Gasteiger partial charge in [-0.05, 0) is 68.0 Å². The molecule has 6 heteroatoms. The number of esters is 1. The van der Waals surface area contributed by atoms with Crippen LogP contribution in [0.25, 0.3) is 0 Å². The topological polar surface area (TPSA) is 68.6 Å². The van der Waals surface area contributed by atoms with Crippen LogP contribution < -0.4 is 15.2 Å². The van der Waals surface area contributed by atoms with Gasteiger partial charge in [-0.15, -0.1) is 0 Å². The summed E-state index contributed by atoms with van der Waals surface area (Å²) in [7, 11) is 1.67. The summed E-state index contributed by atoms with van der Waals surface area (Å²) in [5.41, 5.74) is 2.95. The van der Waals surface area contributed by atoms with Gasteiger partial charge in [0.2, 0.25) is 0 Å². The molecule has 0 fully saturated rings. The lowest BCUT2D eigenvalue weighted by Gasteiger charge is -2.22. The van der Waals surface area contributed by atoms with Gasteiger partial charge in [0.15, 0.2) is 0 Å². The number of benzene rings is 1. The van der Waals surface area contributed by atoms with Crippen molar-refractivity contribution in [2.45, 2.75) is 84.6 Å². The number of amides is 1. The van der Waals surface area contributed by atoms with Crippen LogP contribution in [0.3, 0.4) is 0 Å². The van der Waals surface area contributed by atoms with Crippen LogP contribution in [0.15, 0.2) is 35.1 Å². The predicted molar refractivity (Wildman–Crippen MR) is 131 cm³/mol. The first kappa shape index (κ1) is 24.7. The fourth-order valence-electron chi connectivity index (χ4n) is 4.50. The predicted octanol–water partition coefficient (Wildman–Crippen LogP) is 5.29. The summed E-state index contributed by atoms with van der Waals surface area (Å²) < 4.78 is 6.95. The lowest BCUT2D eigenvalue weighted by molar-refractivity contribution is -0.131. The van der Waals surface area contributed by atoms with E-state index in [2.05, 4.69) is 6.92 Å². The van der Waals surface area contributed by atoms with E-state index in [1.807, 2.05) is 10.6 Å². The monoisotopic (exact) mass is 452 g/mol. The number of hydrogen-bond donors (Lipinski definition) is 0. The van der Waals surface area contributed by atoms with Crippen LogP contribution in [0, 0.1) is 0 Å². The molecule has 1 aromatic heterocycles. The van der Waals surface area contributed by atoms with Gasteiger partial charge in [0.1, 0.15) is 11.3 Å². The van der Waals surface area contributed by atoms with Crippen molar-refractivity contribution < 1.29 is 14.3 Å².